The number of nitrogens with one attached hydrogen (secondary N) is 1. The molecule has 2 heterocycles. The Morgan fingerprint density at radius 1 is 1.28 bits per heavy atom. The van der Waals surface area contributed by atoms with Gasteiger partial charge in [-0.2, -0.15) is 0 Å². The number of nitrogens with zero attached hydrogens (tertiary/aromatic N) is 2. The van der Waals surface area contributed by atoms with Gasteiger partial charge < -0.3 is 14.8 Å². The summed E-state index contributed by atoms with van der Waals surface area (Å²) in [6, 6.07) is 11.4. The van der Waals surface area contributed by atoms with Gasteiger partial charge in [-0.3, -0.25) is 4.79 Å². The molecule has 1 aliphatic heterocycles. The molecule has 6 nitrogen and oxygen atoms in total. The lowest BCUT2D eigenvalue weighted by atomic mass is 10.1. The van der Waals surface area contributed by atoms with Gasteiger partial charge in [-0.25, -0.2) is 0 Å². The lowest BCUT2D eigenvalue weighted by Gasteiger charge is -2.10. The van der Waals surface area contributed by atoms with E-state index in [1.165, 1.54) is 11.8 Å². The molecule has 1 saturated heterocycles. The number of rotatable bonds is 7. The number of carbonyl (C=O) groups is 1. The lowest BCUT2D eigenvalue weighted by molar-refractivity contribution is -0.119. The predicted molar refractivity (Wildman–Crippen MR) is 96.7 cm³/mol. The maximum absolute atomic E-state index is 11.9. The van der Waals surface area contributed by atoms with Crippen LogP contribution in [0.5, 0.6) is 5.75 Å². The highest BCUT2D eigenvalue weighted by Crippen LogP contribution is 2.22. The molecule has 1 aromatic carbocycles. The highest BCUT2D eigenvalue weighted by Gasteiger charge is 2.16. The summed E-state index contributed by atoms with van der Waals surface area (Å²) in [4.78, 5) is 11.9. The molecule has 3 rings (SSSR count). The zero-order valence-corrected chi connectivity index (χ0v) is 14.9. The van der Waals surface area contributed by atoms with Crippen LogP contribution in [-0.4, -0.2) is 48.2 Å². The molecule has 1 N–H and O–H groups in total. The molecule has 7 heteroatoms. The summed E-state index contributed by atoms with van der Waals surface area (Å²) in [5.74, 6) is 1.11. The highest BCUT2D eigenvalue weighted by molar-refractivity contribution is 7.99. The van der Waals surface area contributed by atoms with E-state index in [4.69, 9.17) is 9.47 Å². The summed E-state index contributed by atoms with van der Waals surface area (Å²) in [5, 5.41) is 12.0. The van der Waals surface area contributed by atoms with Crippen molar-refractivity contribution in [3.05, 3.63) is 36.4 Å². The third-order valence-corrected chi connectivity index (χ3v) is 4.85. The van der Waals surface area contributed by atoms with E-state index < -0.39 is 0 Å². The molecule has 0 bridgehead atoms. The van der Waals surface area contributed by atoms with Crippen LogP contribution in [0.4, 0.5) is 0 Å². The second-order valence-corrected chi connectivity index (χ2v) is 6.71. The molecule has 0 spiro atoms. The minimum Gasteiger partial charge on any atom is -0.497 e. The number of hydrogen-bond donors (Lipinski definition) is 1. The van der Waals surface area contributed by atoms with Crippen LogP contribution in [0.2, 0.25) is 0 Å². The summed E-state index contributed by atoms with van der Waals surface area (Å²) < 4.78 is 10.6. The molecule has 0 aliphatic carbocycles. The van der Waals surface area contributed by atoms with Crippen molar-refractivity contribution in [3.63, 3.8) is 0 Å². The number of benzene rings is 1. The Morgan fingerprint density at radius 3 is 2.76 bits per heavy atom. The van der Waals surface area contributed by atoms with E-state index in [0.717, 1.165) is 41.5 Å². The summed E-state index contributed by atoms with van der Waals surface area (Å²) in [5.41, 5.74) is 1.76. The first-order chi connectivity index (χ1) is 12.2. The van der Waals surface area contributed by atoms with E-state index in [2.05, 4.69) is 15.5 Å². The largest absolute Gasteiger partial charge is 0.497 e. The smallest absolute Gasteiger partial charge is 0.230 e. The van der Waals surface area contributed by atoms with Crippen LogP contribution >= 0.6 is 11.8 Å². The van der Waals surface area contributed by atoms with Gasteiger partial charge in [0.2, 0.25) is 5.91 Å². The second-order valence-electron chi connectivity index (χ2n) is 5.71. The van der Waals surface area contributed by atoms with Gasteiger partial charge in [0.05, 0.1) is 24.7 Å². The van der Waals surface area contributed by atoms with E-state index in [-0.39, 0.29) is 12.0 Å². The van der Waals surface area contributed by atoms with Crippen molar-refractivity contribution >= 4 is 17.7 Å². The van der Waals surface area contributed by atoms with Crippen LogP contribution in [0.3, 0.4) is 0 Å². The van der Waals surface area contributed by atoms with Gasteiger partial charge in [0, 0.05) is 18.7 Å². The van der Waals surface area contributed by atoms with Gasteiger partial charge in [-0.15, -0.1) is 10.2 Å². The first-order valence-electron chi connectivity index (χ1n) is 8.24. The Bertz CT molecular complexity index is 686. The van der Waals surface area contributed by atoms with Crippen molar-refractivity contribution in [3.8, 4) is 17.0 Å². The van der Waals surface area contributed by atoms with E-state index in [1.54, 1.807) is 7.11 Å². The van der Waals surface area contributed by atoms with Crippen LogP contribution in [0.25, 0.3) is 11.3 Å². The Morgan fingerprint density at radius 2 is 2.12 bits per heavy atom. The van der Waals surface area contributed by atoms with Crippen LogP contribution < -0.4 is 10.1 Å². The first kappa shape index (κ1) is 17.7. The zero-order chi connectivity index (χ0) is 17.5. The Balaban J connectivity index is 1.47. The van der Waals surface area contributed by atoms with Crippen molar-refractivity contribution in [1.29, 1.82) is 0 Å². The fourth-order valence-electron chi connectivity index (χ4n) is 2.54. The Kier molecular flexibility index (Phi) is 6.25. The molecule has 1 aliphatic rings. The van der Waals surface area contributed by atoms with Crippen molar-refractivity contribution in [1.82, 2.24) is 15.5 Å². The average molecular weight is 359 g/mol. The lowest BCUT2D eigenvalue weighted by Crippen LogP contribution is -2.32. The molecule has 0 saturated carbocycles. The molecule has 25 heavy (non-hydrogen) atoms. The number of aromatic nitrogens is 2. The van der Waals surface area contributed by atoms with E-state index >= 15 is 0 Å². The molecule has 1 unspecified atom stereocenters. The Hall–Kier alpha value is -2.12. The topological polar surface area (TPSA) is 73.3 Å². The number of carbonyl (C=O) groups excluding carboxylic acids is 1. The Labute approximate surface area is 151 Å². The van der Waals surface area contributed by atoms with Crippen LogP contribution in [0, 0.1) is 0 Å². The number of hydrogen-bond acceptors (Lipinski definition) is 6. The quantitative estimate of drug-likeness (QED) is 0.766. The predicted octanol–water partition coefficient (Wildman–Crippen LogP) is 2.54. The number of amides is 1. The highest BCUT2D eigenvalue weighted by atomic mass is 32.2. The van der Waals surface area contributed by atoms with Gasteiger partial charge in [0.15, 0.2) is 0 Å². The van der Waals surface area contributed by atoms with Crippen LogP contribution in [-0.2, 0) is 9.53 Å². The monoisotopic (exact) mass is 359 g/mol. The fraction of sp³-hybridized carbons (Fsp3) is 0.389. The standard InChI is InChI=1S/C18H21N3O3S/c1-23-14-6-4-13(5-7-14)16-8-9-18(21-20-16)25-12-17(22)19-11-15-3-2-10-24-15/h4-9,15H,2-3,10-12H2,1H3,(H,19,22). The van der Waals surface area contributed by atoms with Crippen LogP contribution in [0.1, 0.15) is 12.8 Å². The first-order valence-corrected chi connectivity index (χ1v) is 9.22. The third-order valence-electron chi connectivity index (χ3n) is 3.93. The molecule has 1 atom stereocenters. The number of thioether (sulfide) groups is 1. The molecular formula is C18H21N3O3S. The summed E-state index contributed by atoms with van der Waals surface area (Å²) in [6.07, 6.45) is 2.26. The van der Waals surface area contributed by atoms with Gasteiger partial charge in [-0.05, 0) is 49.2 Å². The van der Waals surface area contributed by atoms with Crippen molar-refractivity contribution in [2.45, 2.75) is 24.0 Å². The van der Waals surface area contributed by atoms with Crippen molar-refractivity contribution in [2.75, 3.05) is 26.0 Å². The molecule has 2 aromatic rings. The van der Waals surface area contributed by atoms with Gasteiger partial charge >= 0.3 is 0 Å². The summed E-state index contributed by atoms with van der Waals surface area (Å²) >= 11 is 1.37. The fourth-order valence-corrected chi connectivity index (χ4v) is 3.18. The maximum Gasteiger partial charge on any atom is 0.230 e. The van der Waals surface area contributed by atoms with E-state index in [0.29, 0.717) is 12.3 Å². The average Bonchev–Trinajstić information content (AvgIpc) is 3.19. The third kappa shape index (κ3) is 5.17. The number of methoxy groups -OCH3 is 1. The second kappa shape index (κ2) is 8.82. The molecule has 1 fully saturated rings. The minimum absolute atomic E-state index is 0.0125. The molecule has 132 valence electrons. The zero-order valence-electron chi connectivity index (χ0n) is 14.1. The number of ether oxygens (including phenoxy) is 2. The van der Waals surface area contributed by atoms with E-state index in [9.17, 15) is 4.79 Å². The van der Waals surface area contributed by atoms with E-state index in [1.807, 2.05) is 36.4 Å². The van der Waals surface area contributed by atoms with Gasteiger partial charge in [0.1, 0.15) is 10.8 Å². The van der Waals surface area contributed by atoms with Gasteiger partial charge in [-0.1, -0.05) is 11.8 Å². The van der Waals surface area contributed by atoms with Crippen molar-refractivity contribution < 1.29 is 14.3 Å². The molecule has 0 radical (unpaired) electrons. The van der Waals surface area contributed by atoms with Crippen molar-refractivity contribution in [2.24, 2.45) is 0 Å². The van der Waals surface area contributed by atoms with Gasteiger partial charge in [0.25, 0.3) is 0 Å². The summed E-state index contributed by atoms with van der Waals surface area (Å²) in [6.45, 7) is 1.38. The maximum atomic E-state index is 11.9. The molecule has 1 aromatic heterocycles. The summed E-state index contributed by atoms with van der Waals surface area (Å²) in [7, 11) is 1.64. The van der Waals surface area contributed by atoms with Crippen LogP contribution in [0.15, 0.2) is 41.4 Å². The molecular weight excluding hydrogens is 338 g/mol. The normalized spacial score (nSPS) is 16.6. The molecule has 1 amide bonds. The SMILES string of the molecule is COc1ccc(-c2ccc(SCC(=O)NCC3CCCO3)nn2)cc1. The minimum atomic E-state index is -0.0125.